The lowest BCUT2D eigenvalue weighted by atomic mass is 10.2. The van der Waals surface area contributed by atoms with Crippen molar-refractivity contribution >= 4 is 11.9 Å². The Morgan fingerprint density at radius 2 is 1.95 bits per heavy atom. The number of rotatable bonds is 5. The molecule has 2 N–H and O–H groups in total. The molecule has 21 heavy (non-hydrogen) atoms. The lowest BCUT2D eigenvalue weighted by molar-refractivity contribution is -0.137. The number of hydrogen-bond acceptors (Lipinski definition) is 2. The van der Waals surface area contributed by atoms with E-state index in [2.05, 4.69) is 5.32 Å². The molecule has 110 valence electrons. The summed E-state index contributed by atoms with van der Waals surface area (Å²) in [6.45, 7) is -0.324. The smallest absolute Gasteiger partial charge is 0.323 e. The van der Waals surface area contributed by atoms with Gasteiger partial charge in [0.1, 0.15) is 12.2 Å². The summed E-state index contributed by atoms with van der Waals surface area (Å²) in [6.07, 6.45) is 1.47. The molecule has 1 amide bonds. The average Bonchev–Trinajstić information content (AvgIpc) is 2.87. The van der Waals surface area contributed by atoms with Crippen LogP contribution in [0.2, 0.25) is 0 Å². The number of nitrogens with one attached hydrogen (secondary N) is 1. The molecule has 0 spiro atoms. The highest BCUT2D eigenvalue weighted by atomic mass is 19.2. The quantitative estimate of drug-likeness (QED) is 0.883. The standard InChI is InChI=1S/C14H12F2N2O3/c15-10-4-3-9(6-11(10)16)7-17-14(21)12-2-1-5-18(12)8-13(19)20/h1-6H,7-8H2,(H,17,21)(H,19,20). The number of carboxylic acids is 1. The van der Waals surface area contributed by atoms with Crippen molar-refractivity contribution in [3.63, 3.8) is 0 Å². The van der Waals surface area contributed by atoms with Gasteiger partial charge in [-0.25, -0.2) is 8.78 Å². The Morgan fingerprint density at radius 3 is 2.62 bits per heavy atom. The summed E-state index contributed by atoms with van der Waals surface area (Å²) in [6, 6.07) is 6.35. The van der Waals surface area contributed by atoms with Crippen molar-refractivity contribution in [3.8, 4) is 0 Å². The van der Waals surface area contributed by atoms with Crippen LogP contribution in [0.4, 0.5) is 8.78 Å². The van der Waals surface area contributed by atoms with Gasteiger partial charge in [-0.3, -0.25) is 9.59 Å². The van der Waals surface area contributed by atoms with E-state index in [1.807, 2.05) is 0 Å². The first-order chi connectivity index (χ1) is 9.97. The zero-order valence-electron chi connectivity index (χ0n) is 10.8. The SMILES string of the molecule is O=C(O)Cn1cccc1C(=O)NCc1ccc(F)c(F)c1. The van der Waals surface area contributed by atoms with Gasteiger partial charge >= 0.3 is 5.97 Å². The second kappa shape index (κ2) is 6.17. The fraction of sp³-hybridized carbons (Fsp3) is 0.143. The van der Waals surface area contributed by atoms with E-state index in [-0.39, 0.29) is 18.8 Å². The van der Waals surface area contributed by atoms with Crippen molar-refractivity contribution in [2.24, 2.45) is 0 Å². The molecule has 0 saturated heterocycles. The fourth-order valence-corrected chi connectivity index (χ4v) is 1.83. The van der Waals surface area contributed by atoms with Crippen molar-refractivity contribution in [1.82, 2.24) is 9.88 Å². The molecule has 0 atom stereocenters. The van der Waals surface area contributed by atoms with E-state index in [1.54, 1.807) is 6.07 Å². The largest absolute Gasteiger partial charge is 0.480 e. The zero-order chi connectivity index (χ0) is 15.4. The summed E-state index contributed by atoms with van der Waals surface area (Å²) in [4.78, 5) is 22.6. The summed E-state index contributed by atoms with van der Waals surface area (Å²) in [5.74, 6) is -3.51. The number of aliphatic carboxylic acids is 1. The molecule has 1 heterocycles. The Labute approximate surface area is 118 Å². The highest BCUT2D eigenvalue weighted by molar-refractivity contribution is 5.93. The molecule has 0 aliphatic rings. The molecule has 7 heteroatoms. The van der Waals surface area contributed by atoms with E-state index in [4.69, 9.17) is 5.11 Å². The number of halogens is 2. The topological polar surface area (TPSA) is 71.3 Å². The fourth-order valence-electron chi connectivity index (χ4n) is 1.83. The molecule has 0 bridgehead atoms. The number of carbonyl (C=O) groups excluding carboxylic acids is 1. The third-order valence-corrected chi connectivity index (χ3v) is 2.80. The number of carbonyl (C=O) groups is 2. The Bertz CT molecular complexity index is 683. The first-order valence-electron chi connectivity index (χ1n) is 6.06. The minimum atomic E-state index is -1.07. The second-order valence-corrected chi connectivity index (χ2v) is 4.35. The number of carboxylic acid groups (broad SMARTS) is 1. The van der Waals surface area contributed by atoms with Gasteiger partial charge in [0.15, 0.2) is 11.6 Å². The highest BCUT2D eigenvalue weighted by Crippen LogP contribution is 2.09. The first-order valence-corrected chi connectivity index (χ1v) is 6.06. The summed E-state index contributed by atoms with van der Waals surface area (Å²) in [5, 5.41) is 11.2. The van der Waals surface area contributed by atoms with Crippen molar-refractivity contribution < 1.29 is 23.5 Å². The van der Waals surface area contributed by atoms with Crippen LogP contribution in [0.3, 0.4) is 0 Å². The molecule has 1 aromatic heterocycles. The van der Waals surface area contributed by atoms with Crippen molar-refractivity contribution in [2.45, 2.75) is 13.1 Å². The Morgan fingerprint density at radius 1 is 1.19 bits per heavy atom. The van der Waals surface area contributed by atoms with Crippen LogP contribution in [0.25, 0.3) is 0 Å². The highest BCUT2D eigenvalue weighted by Gasteiger charge is 2.12. The number of benzene rings is 1. The zero-order valence-corrected chi connectivity index (χ0v) is 10.8. The molecule has 0 unspecified atom stereocenters. The van der Waals surface area contributed by atoms with Crippen LogP contribution in [0.1, 0.15) is 16.1 Å². The van der Waals surface area contributed by atoms with Gasteiger partial charge in [-0.1, -0.05) is 6.07 Å². The Balaban J connectivity index is 2.03. The van der Waals surface area contributed by atoms with E-state index in [0.717, 1.165) is 12.1 Å². The monoisotopic (exact) mass is 294 g/mol. The third kappa shape index (κ3) is 3.65. The van der Waals surface area contributed by atoms with E-state index in [0.29, 0.717) is 5.56 Å². The van der Waals surface area contributed by atoms with Gasteiger partial charge in [0.2, 0.25) is 0 Å². The van der Waals surface area contributed by atoms with Crippen molar-refractivity contribution in [1.29, 1.82) is 0 Å². The molecule has 1 aromatic carbocycles. The first kappa shape index (κ1) is 14.7. The average molecular weight is 294 g/mol. The molecule has 0 aliphatic carbocycles. The van der Waals surface area contributed by atoms with Gasteiger partial charge in [0.05, 0.1) is 0 Å². The number of nitrogens with zero attached hydrogens (tertiary/aromatic N) is 1. The van der Waals surface area contributed by atoms with Gasteiger partial charge < -0.3 is 15.0 Å². The minimum Gasteiger partial charge on any atom is -0.480 e. The van der Waals surface area contributed by atoms with E-state index in [9.17, 15) is 18.4 Å². The molecule has 2 rings (SSSR count). The maximum atomic E-state index is 13.0. The summed E-state index contributed by atoms with van der Waals surface area (Å²) in [7, 11) is 0. The van der Waals surface area contributed by atoms with Crippen LogP contribution in [0, 0.1) is 11.6 Å². The van der Waals surface area contributed by atoms with E-state index in [1.165, 1.54) is 22.9 Å². The van der Waals surface area contributed by atoms with Crippen LogP contribution < -0.4 is 5.32 Å². The van der Waals surface area contributed by atoms with Gasteiger partial charge in [0.25, 0.3) is 5.91 Å². The minimum absolute atomic E-state index is 0.00822. The van der Waals surface area contributed by atoms with Crippen molar-refractivity contribution in [2.75, 3.05) is 0 Å². The van der Waals surface area contributed by atoms with Crippen LogP contribution in [0.15, 0.2) is 36.5 Å². The maximum Gasteiger partial charge on any atom is 0.323 e. The molecule has 0 fully saturated rings. The lowest BCUT2D eigenvalue weighted by Gasteiger charge is -2.08. The number of amides is 1. The van der Waals surface area contributed by atoms with Crippen LogP contribution in [-0.2, 0) is 17.9 Å². The van der Waals surface area contributed by atoms with Gasteiger partial charge in [0, 0.05) is 12.7 Å². The van der Waals surface area contributed by atoms with Crippen LogP contribution >= 0.6 is 0 Å². The third-order valence-electron chi connectivity index (χ3n) is 2.80. The maximum absolute atomic E-state index is 13.0. The predicted octanol–water partition coefficient (Wildman–Crippen LogP) is 1.78. The molecular formula is C14H12F2N2O3. The Hall–Kier alpha value is -2.70. The molecule has 0 radical (unpaired) electrons. The summed E-state index contributed by atoms with van der Waals surface area (Å²) in [5.41, 5.74) is 0.582. The molecule has 0 aliphatic heterocycles. The predicted molar refractivity (Wildman–Crippen MR) is 69.6 cm³/mol. The lowest BCUT2D eigenvalue weighted by Crippen LogP contribution is -2.26. The van der Waals surface area contributed by atoms with Gasteiger partial charge in [-0.2, -0.15) is 0 Å². The second-order valence-electron chi connectivity index (χ2n) is 4.35. The van der Waals surface area contributed by atoms with E-state index < -0.39 is 23.5 Å². The molecule has 2 aromatic rings. The number of aromatic nitrogens is 1. The van der Waals surface area contributed by atoms with Crippen molar-refractivity contribution in [3.05, 3.63) is 59.4 Å². The summed E-state index contributed by atoms with van der Waals surface area (Å²) < 4.78 is 27.1. The summed E-state index contributed by atoms with van der Waals surface area (Å²) >= 11 is 0. The number of hydrogen-bond donors (Lipinski definition) is 2. The van der Waals surface area contributed by atoms with E-state index >= 15 is 0 Å². The molecule has 0 saturated carbocycles. The van der Waals surface area contributed by atoms with Gasteiger partial charge in [-0.15, -0.1) is 0 Å². The van der Waals surface area contributed by atoms with Crippen LogP contribution in [0.5, 0.6) is 0 Å². The molecular weight excluding hydrogens is 282 g/mol. The Kier molecular flexibility index (Phi) is 4.32. The molecule has 5 nitrogen and oxygen atoms in total. The normalized spacial score (nSPS) is 10.4. The van der Waals surface area contributed by atoms with Gasteiger partial charge in [-0.05, 0) is 29.8 Å². The van der Waals surface area contributed by atoms with Crippen LogP contribution in [-0.4, -0.2) is 21.6 Å².